The van der Waals surface area contributed by atoms with E-state index in [4.69, 9.17) is 10.5 Å². The van der Waals surface area contributed by atoms with Crippen LogP contribution in [0.25, 0.3) is 0 Å². The summed E-state index contributed by atoms with van der Waals surface area (Å²) >= 11 is 0. The Bertz CT molecular complexity index is 547. The van der Waals surface area contributed by atoms with E-state index in [1.54, 1.807) is 6.92 Å². The Morgan fingerprint density at radius 2 is 2.22 bits per heavy atom. The van der Waals surface area contributed by atoms with Crippen molar-refractivity contribution in [1.29, 1.82) is 0 Å². The van der Waals surface area contributed by atoms with Crippen molar-refractivity contribution in [2.45, 2.75) is 30.4 Å². The molecule has 0 spiro atoms. The van der Waals surface area contributed by atoms with Crippen LogP contribution in [0, 0.1) is 5.82 Å². The van der Waals surface area contributed by atoms with E-state index in [2.05, 4.69) is 4.72 Å². The van der Waals surface area contributed by atoms with E-state index in [0.717, 1.165) is 6.07 Å². The maximum absolute atomic E-state index is 13.3. The monoisotopic (exact) mass is 274 g/mol. The molecule has 0 saturated carbocycles. The number of benzene rings is 1. The highest BCUT2D eigenvalue weighted by molar-refractivity contribution is 7.89. The highest BCUT2D eigenvalue weighted by Gasteiger charge is 2.29. The molecule has 2 rings (SSSR count). The highest BCUT2D eigenvalue weighted by Crippen LogP contribution is 2.19. The Balaban J connectivity index is 2.22. The van der Waals surface area contributed by atoms with E-state index in [9.17, 15) is 12.8 Å². The van der Waals surface area contributed by atoms with E-state index in [-0.39, 0.29) is 22.7 Å². The minimum atomic E-state index is -3.74. The molecule has 1 aliphatic heterocycles. The molecular formula is C11H15FN2O3S. The van der Waals surface area contributed by atoms with Crippen molar-refractivity contribution in [3.63, 3.8) is 0 Å². The predicted molar refractivity (Wildman–Crippen MR) is 65.0 cm³/mol. The van der Waals surface area contributed by atoms with E-state index in [1.165, 1.54) is 12.1 Å². The van der Waals surface area contributed by atoms with Gasteiger partial charge in [0, 0.05) is 6.61 Å². The lowest BCUT2D eigenvalue weighted by atomic mass is 10.2. The Morgan fingerprint density at radius 1 is 1.50 bits per heavy atom. The third-order valence-corrected chi connectivity index (χ3v) is 4.45. The first kappa shape index (κ1) is 13.3. The van der Waals surface area contributed by atoms with Gasteiger partial charge in [0.05, 0.1) is 22.7 Å². The van der Waals surface area contributed by atoms with Crippen molar-refractivity contribution in [2.75, 3.05) is 12.3 Å². The molecule has 1 fully saturated rings. The second kappa shape index (κ2) is 4.83. The van der Waals surface area contributed by atoms with Crippen LogP contribution in [0.5, 0.6) is 0 Å². The Hall–Kier alpha value is -1.18. The van der Waals surface area contributed by atoms with Crippen molar-refractivity contribution in [3.8, 4) is 0 Å². The molecule has 2 unspecified atom stereocenters. The largest absolute Gasteiger partial charge is 0.396 e. The van der Waals surface area contributed by atoms with Crippen LogP contribution in [0.1, 0.15) is 13.3 Å². The molecule has 0 aromatic heterocycles. The Kier molecular flexibility index (Phi) is 3.56. The number of sulfonamides is 1. The van der Waals surface area contributed by atoms with E-state index < -0.39 is 15.8 Å². The lowest BCUT2D eigenvalue weighted by Gasteiger charge is -2.16. The summed E-state index contributed by atoms with van der Waals surface area (Å²) in [5.74, 6) is -0.742. The number of hydrogen-bond donors (Lipinski definition) is 2. The van der Waals surface area contributed by atoms with E-state index in [1.807, 2.05) is 0 Å². The molecule has 1 saturated heterocycles. The van der Waals surface area contributed by atoms with Gasteiger partial charge in [0.15, 0.2) is 0 Å². The van der Waals surface area contributed by atoms with Gasteiger partial charge in [-0.25, -0.2) is 17.5 Å². The number of nitrogens with one attached hydrogen (secondary N) is 1. The van der Waals surface area contributed by atoms with Gasteiger partial charge >= 0.3 is 0 Å². The summed E-state index contributed by atoms with van der Waals surface area (Å²) in [4.78, 5) is -0.131. The van der Waals surface area contributed by atoms with Crippen molar-refractivity contribution in [2.24, 2.45) is 0 Å². The molecule has 0 bridgehead atoms. The van der Waals surface area contributed by atoms with Crippen molar-refractivity contribution in [1.82, 2.24) is 4.72 Å². The maximum atomic E-state index is 13.3. The summed E-state index contributed by atoms with van der Waals surface area (Å²) in [7, 11) is -3.74. The normalized spacial score (nSPS) is 24.3. The zero-order valence-electron chi connectivity index (χ0n) is 9.89. The van der Waals surface area contributed by atoms with Crippen LogP contribution in [0.3, 0.4) is 0 Å². The number of halogens is 1. The molecule has 1 heterocycles. The van der Waals surface area contributed by atoms with Gasteiger partial charge in [0.25, 0.3) is 0 Å². The molecule has 7 heteroatoms. The summed E-state index contributed by atoms with van der Waals surface area (Å²) in [6, 6.07) is 3.15. The quantitative estimate of drug-likeness (QED) is 0.801. The fraction of sp³-hybridized carbons (Fsp3) is 0.455. The van der Waals surface area contributed by atoms with Crippen LogP contribution in [0.15, 0.2) is 23.1 Å². The highest BCUT2D eigenvalue weighted by atomic mass is 32.2. The first-order valence-corrected chi connectivity index (χ1v) is 7.07. The second-order valence-corrected chi connectivity index (χ2v) is 5.99. The van der Waals surface area contributed by atoms with Gasteiger partial charge in [-0.3, -0.25) is 0 Å². The standard InChI is InChI=1S/C11H15FN2O3S/c1-7-11(4-5-17-7)14-18(15,16)8-2-3-10(13)9(12)6-8/h2-3,6-7,11,14H,4-5,13H2,1H3. The van der Waals surface area contributed by atoms with Crippen LogP contribution >= 0.6 is 0 Å². The van der Waals surface area contributed by atoms with Gasteiger partial charge in [-0.05, 0) is 31.5 Å². The van der Waals surface area contributed by atoms with Crippen LogP contribution in [-0.2, 0) is 14.8 Å². The van der Waals surface area contributed by atoms with Crippen molar-refractivity contribution in [3.05, 3.63) is 24.0 Å². The van der Waals surface area contributed by atoms with Gasteiger partial charge in [-0.1, -0.05) is 0 Å². The first-order chi connectivity index (χ1) is 8.40. The molecule has 1 aliphatic rings. The average Bonchev–Trinajstić information content (AvgIpc) is 2.67. The van der Waals surface area contributed by atoms with Crippen LogP contribution in [0.2, 0.25) is 0 Å². The third kappa shape index (κ3) is 2.63. The smallest absolute Gasteiger partial charge is 0.241 e. The molecule has 100 valence electrons. The third-order valence-electron chi connectivity index (χ3n) is 2.96. The number of ether oxygens (including phenoxy) is 1. The molecular weight excluding hydrogens is 259 g/mol. The Morgan fingerprint density at radius 3 is 2.78 bits per heavy atom. The molecule has 1 aromatic carbocycles. The SMILES string of the molecule is CC1OCCC1NS(=O)(=O)c1ccc(N)c(F)c1. The second-order valence-electron chi connectivity index (χ2n) is 4.28. The van der Waals surface area contributed by atoms with Gasteiger partial charge in [0.1, 0.15) is 5.82 Å². The topological polar surface area (TPSA) is 81.4 Å². The zero-order chi connectivity index (χ0) is 13.3. The minimum Gasteiger partial charge on any atom is -0.396 e. The lowest BCUT2D eigenvalue weighted by molar-refractivity contribution is 0.117. The number of rotatable bonds is 3. The molecule has 1 aromatic rings. The summed E-state index contributed by atoms with van der Waals surface area (Å²) in [5.41, 5.74) is 5.23. The summed E-state index contributed by atoms with van der Waals surface area (Å²) in [5, 5.41) is 0. The van der Waals surface area contributed by atoms with Crippen molar-refractivity contribution >= 4 is 15.7 Å². The fourth-order valence-corrected chi connectivity index (χ4v) is 3.18. The van der Waals surface area contributed by atoms with E-state index >= 15 is 0 Å². The number of nitrogens with two attached hydrogens (primary N) is 1. The molecule has 2 atom stereocenters. The van der Waals surface area contributed by atoms with Gasteiger partial charge < -0.3 is 10.5 Å². The molecule has 5 nitrogen and oxygen atoms in total. The van der Waals surface area contributed by atoms with E-state index in [0.29, 0.717) is 13.0 Å². The summed E-state index contributed by atoms with van der Waals surface area (Å²) < 4.78 is 45.1. The van der Waals surface area contributed by atoms with Gasteiger partial charge in [-0.2, -0.15) is 0 Å². The molecule has 0 amide bonds. The zero-order valence-corrected chi connectivity index (χ0v) is 10.7. The fourth-order valence-electron chi connectivity index (χ4n) is 1.83. The average molecular weight is 274 g/mol. The number of nitrogen functional groups attached to an aromatic ring is 1. The van der Waals surface area contributed by atoms with Gasteiger partial charge in [-0.15, -0.1) is 0 Å². The minimum absolute atomic E-state index is 0.0773. The molecule has 0 radical (unpaired) electrons. The van der Waals surface area contributed by atoms with Crippen LogP contribution in [0.4, 0.5) is 10.1 Å². The Labute approximate surface area is 105 Å². The molecule has 3 N–H and O–H groups in total. The molecule has 18 heavy (non-hydrogen) atoms. The van der Waals surface area contributed by atoms with Crippen LogP contribution < -0.4 is 10.5 Å². The summed E-state index contributed by atoms with van der Waals surface area (Å²) in [6.45, 7) is 2.31. The number of hydrogen-bond acceptors (Lipinski definition) is 4. The van der Waals surface area contributed by atoms with Gasteiger partial charge in [0.2, 0.25) is 10.0 Å². The molecule has 0 aliphatic carbocycles. The maximum Gasteiger partial charge on any atom is 0.241 e. The summed E-state index contributed by atoms with van der Waals surface area (Å²) in [6.07, 6.45) is 0.427. The first-order valence-electron chi connectivity index (χ1n) is 5.59. The lowest BCUT2D eigenvalue weighted by Crippen LogP contribution is -2.39. The van der Waals surface area contributed by atoms with Crippen LogP contribution in [-0.4, -0.2) is 27.2 Å². The number of anilines is 1. The predicted octanol–water partition coefficient (Wildman–Crippen LogP) is 0.864. The van der Waals surface area contributed by atoms with Crippen molar-refractivity contribution < 1.29 is 17.5 Å².